The normalized spacial score (nSPS) is 17.4. The monoisotopic (exact) mass is 484 g/mol. The first-order chi connectivity index (χ1) is 15.9. The van der Waals surface area contributed by atoms with Crippen molar-refractivity contribution in [2.45, 2.75) is 30.2 Å². The maximum absolute atomic E-state index is 13.1. The lowest BCUT2D eigenvalue weighted by molar-refractivity contribution is 0.309. The average molecular weight is 485 g/mol. The SMILES string of the molecule is O=c1[nH]c([C@@H]2CCCN(S(=O)(=O)c3ccc(Cl)cc3)C2)nc2c1nnn2Cc1ccccc1. The van der Waals surface area contributed by atoms with Crippen molar-refractivity contribution in [2.75, 3.05) is 13.1 Å². The number of nitrogens with zero attached hydrogens (tertiary/aromatic N) is 5. The number of piperidine rings is 1. The zero-order chi connectivity index (χ0) is 23.0. The van der Waals surface area contributed by atoms with Crippen LogP contribution >= 0.6 is 11.6 Å². The van der Waals surface area contributed by atoms with Gasteiger partial charge in [-0.15, -0.1) is 5.10 Å². The lowest BCUT2D eigenvalue weighted by atomic mass is 9.99. The predicted octanol–water partition coefficient (Wildman–Crippen LogP) is 2.78. The van der Waals surface area contributed by atoms with Gasteiger partial charge in [0.1, 0.15) is 5.82 Å². The van der Waals surface area contributed by atoms with E-state index in [0.29, 0.717) is 42.4 Å². The molecule has 11 heteroatoms. The van der Waals surface area contributed by atoms with Gasteiger partial charge < -0.3 is 4.98 Å². The molecule has 1 aliphatic rings. The first-order valence-electron chi connectivity index (χ1n) is 10.5. The minimum Gasteiger partial charge on any atom is -0.308 e. The Morgan fingerprint density at radius 3 is 2.61 bits per heavy atom. The van der Waals surface area contributed by atoms with Crippen molar-refractivity contribution in [3.63, 3.8) is 0 Å². The molecule has 9 nitrogen and oxygen atoms in total. The van der Waals surface area contributed by atoms with Gasteiger partial charge in [0.25, 0.3) is 5.56 Å². The van der Waals surface area contributed by atoms with Gasteiger partial charge in [0, 0.05) is 24.0 Å². The summed E-state index contributed by atoms with van der Waals surface area (Å²) < 4.78 is 29.3. The fraction of sp³-hybridized carbons (Fsp3) is 0.273. The van der Waals surface area contributed by atoms with Crippen LogP contribution in [0.1, 0.15) is 30.1 Å². The summed E-state index contributed by atoms with van der Waals surface area (Å²) in [4.78, 5) is 20.3. The number of aromatic amines is 1. The molecule has 0 radical (unpaired) electrons. The summed E-state index contributed by atoms with van der Waals surface area (Å²) in [6, 6.07) is 15.8. The van der Waals surface area contributed by atoms with Crippen LogP contribution < -0.4 is 5.56 Å². The average Bonchev–Trinajstić information content (AvgIpc) is 3.23. The molecule has 0 unspecified atom stereocenters. The van der Waals surface area contributed by atoms with E-state index in [0.717, 1.165) is 5.56 Å². The van der Waals surface area contributed by atoms with Crippen LogP contribution in [0.2, 0.25) is 5.02 Å². The Morgan fingerprint density at radius 1 is 1.09 bits per heavy atom. The quantitative estimate of drug-likeness (QED) is 0.466. The van der Waals surface area contributed by atoms with E-state index in [2.05, 4.69) is 20.3 Å². The van der Waals surface area contributed by atoms with Crippen molar-refractivity contribution >= 4 is 32.8 Å². The number of nitrogens with one attached hydrogen (secondary N) is 1. The molecule has 5 rings (SSSR count). The fourth-order valence-corrected chi connectivity index (χ4v) is 5.73. The summed E-state index contributed by atoms with van der Waals surface area (Å²) in [7, 11) is -3.69. The smallest absolute Gasteiger partial charge is 0.281 e. The third kappa shape index (κ3) is 4.29. The van der Waals surface area contributed by atoms with Crippen LogP contribution in [0.5, 0.6) is 0 Å². The number of halogens is 1. The second kappa shape index (κ2) is 8.69. The Morgan fingerprint density at radius 2 is 1.85 bits per heavy atom. The number of aromatic nitrogens is 5. The van der Waals surface area contributed by atoms with E-state index in [1.807, 2.05) is 30.3 Å². The predicted molar refractivity (Wildman–Crippen MR) is 124 cm³/mol. The van der Waals surface area contributed by atoms with Gasteiger partial charge >= 0.3 is 0 Å². The molecule has 2 aromatic heterocycles. The van der Waals surface area contributed by atoms with E-state index < -0.39 is 10.0 Å². The molecule has 4 aromatic rings. The summed E-state index contributed by atoms with van der Waals surface area (Å²) in [5.41, 5.74) is 1.17. The Balaban J connectivity index is 1.45. The second-order valence-corrected chi connectivity index (χ2v) is 10.4. The van der Waals surface area contributed by atoms with Gasteiger partial charge in [0.15, 0.2) is 11.2 Å². The van der Waals surface area contributed by atoms with Crippen LogP contribution in [-0.2, 0) is 16.6 Å². The standard InChI is InChI=1S/C22H21ClN6O3S/c23-17-8-10-18(11-9-17)33(31,32)28-12-4-7-16(14-28)20-24-21-19(22(30)25-20)26-27-29(21)13-15-5-2-1-3-6-15/h1-3,5-6,8-11,16H,4,7,12-14H2,(H,24,25,30)/t16-/m1/s1. The highest BCUT2D eigenvalue weighted by Crippen LogP contribution is 2.29. The zero-order valence-corrected chi connectivity index (χ0v) is 19.1. The van der Waals surface area contributed by atoms with Gasteiger partial charge in [-0.1, -0.05) is 47.1 Å². The van der Waals surface area contributed by atoms with E-state index >= 15 is 0 Å². The molecule has 3 heterocycles. The Kier molecular flexibility index (Phi) is 5.73. The molecule has 2 aromatic carbocycles. The molecule has 170 valence electrons. The molecule has 0 aliphatic carbocycles. The minimum atomic E-state index is -3.69. The van der Waals surface area contributed by atoms with E-state index in [1.54, 1.807) is 16.8 Å². The highest BCUT2D eigenvalue weighted by atomic mass is 35.5. The van der Waals surface area contributed by atoms with E-state index in [9.17, 15) is 13.2 Å². The molecular weight excluding hydrogens is 464 g/mol. The maximum atomic E-state index is 13.1. The molecule has 1 saturated heterocycles. The van der Waals surface area contributed by atoms with Crippen LogP contribution in [0.4, 0.5) is 0 Å². The number of benzene rings is 2. The van der Waals surface area contributed by atoms with Gasteiger partial charge in [-0.25, -0.2) is 18.1 Å². The first-order valence-corrected chi connectivity index (χ1v) is 12.4. The third-order valence-corrected chi connectivity index (χ3v) is 7.92. The molecule has 1 fully saturated rings. The van der Waals surface area contributed by atoms with Crippen molar-refractivity contribution in [2.24, 2.45) is 0 Å². The second-order valence-electron chi connectivity index (χ2n) is 8.01. The summed E-state index contributed by atoms with van der Waals surface area (Å²) in [5, 5.41) is 8.57. The van der Waals surface area contributed by atoms with E-state index in [-0.39, 0.29) is 28.4 Å². The molecule has 0 bridgehead atoms. The number of sulfonamides is 1. The highest BCUT2D eigenvalue weighted by molar-refractivity contribution is 7.89. The van der Waals surface area contributed by atoms with Gasteiger partial charge in [0.2, 0.25) is 10.0 Å². The van der Waals surface area contributed by atoms with Gasteiger partial charge in [-0.05, 0) is 42.7 Å². The minimum absolute atomic E-state index is 0.163. The highest BCUT2D eigenvalue weighted by Gasteiger charge is 2.32. The van der Waals surface area contributed by atoms with Crippen molar-refractivity contribution < 1.29 is 8.42 Å². The molecule has 1 N–H and O–H groups in total. The van der Waals surface area contributed by atoms with Crippen LogP contribution in [0.15, 0.2) is 64.3 Å². The molecule has 0 saturated carbocycles. The largest absolute Gasteiger partial charge is 0.308 e. The van der Waals surface area contributed by atoms with Crippen LogP contribution in [0, 0.1) is 0 Å². The summed E-state index contributed by atoms with van der Waals surface area (Å²) in [5.74, 6) is 0.193. The molecule has 1 atom stereocenters. The van der Waals surface area contributed by atoms with Crippen molar-refractivity contribution in [3.8, 4) is 0 Å². The van der Waals surface area contributed by atoms with Crippen molar-refractivity contribution in [1.82, 2.24) is 29.3 Å². The van der Waals surface area contributed by atoms with Gasteiger partial charge in [0.05, 0.1) is 11.4 Å². The molecule has 0 amide bonds. The summed E-state index contributed by atoms with van der Waals surface area (Å²) in [6.07, 6.45) is 1.36. The molecule has 33 heavy (non-hydrogen) atoms. The van der Waals surface area contributed by atoms with Crippen LogP contribution in [-0.4, -0.2) is 50.8 Å². The number of fused-ring (bicyclic) bond motifs is 1. The fourth-order valence-electron chi connectivity index (χ4n) is 4.08. The summed E-state index contributed by atoms with van der Waals surface area (Å²) in [6.45, 7) is 1.05. The number of hydrogen-bond acceptors (Lipinski definition) is 6. The first kappa shape index (κ1) is 21.7. The van der Waals surface area contributed by atoms with E-state index in [1.165, 1.54) is 16.4 Å². The lowest BCUT2D eigenvalue weighted by Crippen LogP contribution is -2.39. The molecule has 0 spiro atoms. The zero-order valence-electron chi connectivity index (χ0n) is 17.6. The van der Waals surface area contributed by atoms with Crippen LogP contribution in [0.3, 0.4) is 0 Å². The topological polar surface area (TPSA) is 114 Å². The number of rotatable bonds is 5. The number of H-pyrrole nitrogens is 1. The van der Waals surface area contributed by atoms with Crippen LogP contribution in [0.25, 0.3) is 11.2 Å². The Bertz CT molecular complexity index is 1450. The van der Waals surface area contributed by atoms with Gasteiger partial charge in [-0.2, -0.15) is 4.31 Å². The molecular formula is C22H21ClN6O3S. The van der Waals surface area contributed by atoms with Gasteiger partial charge in [-0.3, -0.25) is 4.79 Å². The van der Waals surface area contributed by atoms with Crippen molar-refractivity contribution in [1.29, 1.82) is 0 Å². The lowest BCUT2D eigenvalue weighted by Gasteiger charge is -2.31. The maximum Gasteiger partial charge on any atom is 0.281 e. The summed E-state index contributed by atoms with van der Waals surface area (Å²) >= 11 is 5.91. The third-order valence-electron chi connectivity index (χ3n) is 5.79. The molecule has 1 aliphatic heterocycles. The Hall–Kier alpha value is -3.08. The van der Waals surface area contributed by atoms with E-state index in [4.69, 9.17) is 11.6 Å². The number of hydrogen-bond donors (Lipinski definition) is 1. The Labute approximate surface area is 195 Å². The van der Waals surface area contributed by atoms with Crippen molar-refractivity contribution in [3.05, 3.63) is 81.4 Å².